The van der Waals surface area contributed by atoms with E-state index in [1.807, 2.05) is 0 Å². The third-order valence-corrected chi connectivity index (χ3v) is 4.53. The summed E-state index contributed by atoms with van der Waals surface area (Å²) in [4.78, 5) is 7.14. The fourth-order valence-corrected chi connectivity index (χ4v) is 3.00. The number of aryl methyl sites for hydroxylation is 1. The van der Waals surface area contributed by atoms with E-state index in [9.17, 15) is 0 Å². The number of hydrogen-bond donors (Lipinski definition) is 2. The maximum absolute atomic E-state index is 5.40. The van der Waals surface area contributed by atoms with Crippen LogP contribution in [0.1, 0.15) is 24.5 Å². The predicted octanol–water partition coefficient (Wildman–Crippen LogP) is 2.44. The smallest absolute Gasteiger partial charge is 0.191 e. The van der Waals surface area contributed by atoms with Crippen LogP contribution >= 0.6 is 24.0 Å². The van der Waals surface area contributed by atoms with Crippen LogP contribution in [0.3, 0.4) is 0 Å². The zero-order chi connectivity index (χ0) is 18.6. The molecule has 1 heterocycles. The van der Waals surface area contributed by atoms with Gasteiger partial charge in [-0.15, -0.1) is 24.0 Å². The lowest BCUT2D eigenvalue weighted by atomic mass is 10.1. The molecule has 1 aromatic rings. The zero-order valence-corrected chi connectivity index (χ0v) is 19.3. The van der Waals surface area contributed by atoms with Gasteiger partial charge in [-0.1, -0.05) is 12.1 Å². The van der Waals surface area contributed by atoms with E-state index >= 15 is 0 Å². The third-order valence-electron chi connectivity index (χ3n) is 4.53. The lowest BCUT2D eigenvalue weighted by Gasteiger charge is -2.26. The van der Waals surface area contributed by atoms with E-state index in [-0.39, 0.29) is 24.0 Å². The Morgan fingerprint density at radius 3 is 2.74 bits per heavy atom. The molecular formula is C20H35IN4O2. The Bertz CT molecular complexity index is 563. The number of morpholine rings is 1. The molecule has 154 valence electrons. The van der Waals surface area contributed by atoms with Crippen LogP contribution in [0.4, 0.5) is 0 Å². The van der Waals surface area contributed by atoms with Gasteiger partial charge in [-0.3, -0.25) is 9.89 Å². The summed E-state index contributed by atoms with van der Waals surface area (Å²) in [5.41, 5.74) is 2.43. The molecule has 1 aliphatic rings. The molecule has 7 heteroatoms. The Morgan fingerprint density at radius 1 is 1.26 bits per heavy atom. The number of halogens is 1. The van der Waals surface area contributed by atoms with Gasteiger partial charge in [0.2, 0.25) is 0 Å². The van der Waals surface area contributed by atoms with Crippen molar-refractivity contribution >= 4 is 29.9 Å². The molecule has 1 saturated heterocycles. The van der Waals surface area contributed by atoms with E-state index in [1.165, 1.54) is 11.1 Å². The highest BCUT2D eigenvalue weighted by molar-refractivity contribution is 14.0. The maximum atomic E-state index is 5.40. The number of methoxy groups -OCH3 is 1. The van der Waals surface area contributed by atoms with Gasteiger partial charge in [0, 0.05) is 39.3 Å². The van der Waals surface area contributed by atoms with Gasteiger partial charge in [0.1, 0.15) is 5.75 Å². The summed E-state index contributed by atoms with van der Waals surface area (Å²) in [5.74, 6) is 1.85. The molecule has 1 aliphatic heterocycles. The van der Waals surface area contributed by atoms with Crippen molar-refractivity contribution in [2.45, 2.75) is 26.7 Å². The molecular weight excluding hydrogens is 455 g/mol. The highest BCUT2D eigenvalue weighted by Gasteiger charge is 2.09. The van der Waals surface area contributed by atoms with E-state index in [2.05, 4.69) is 52.6 Å². The van der Waals surface area contributed by atoms with Crippen molar-refractivity contribution in [2.24, 2.45) is 4.99 Å². The van der Waals surface area contributed by atoms with Gasteiger partial charge in [-0.25, -0.2) is 0 Å². The number of aliphatic imine (C=N–C) groups is 1. The first-order valence-corrected chi connectivity index (χ1v) is 9.68. The zero-order valence-electron chi connectivity index (χ0n) is 16.9. The van der Waals surface area contributed by atoms with Crippen molar-refractivity contribution < 1.29 is 9.47 Å². The van der Waals surface area contributed by atoms with Crippen molar-refractivity contribution in [2.75, 3.05) is 59.6 Å². The maximum Gasteiger partial charge on any atom is 0.191 e. The summed E-state index contributed by atoms with van der Waals surface area (Å²) in [5, 5.41) is 6.74. The number of guanidine groups is 1. The van der Waals surface area contributed by atoms with Gasteiger partial charge < -0.3 is 20.1 Å². The van der Waals surface area contributed by atoms with E-state index in [1.54, 1.807) is 7.11 Å². The highest BCUT2D eigenvalue weighted by Crippen LogP contribution is 2.18. The second kappa shape index (κ2) is 14.0. The first kappa shape index (κ1) is 24.0. The molecule has 1 fully saturated rings. The van der Waals surface area contributed by atoms with Gasteiger partial charge in [0.15, 0.2) is 5.96 Å². The number of nitrogens with zero attached hydrogens (tertiary/aromatic N) is 2. The molecule has 6 nitrogen and oxygen atoms in total. The second-order valence-corrected chi connectivity index (χ2v) is 6.55. The van der Waals surface area contributed by atoms with Crippen LogP contribution in [0.25, 0.3) is 0 Å². The molecule has 0 unspecified atom stereocenters. The van der Waals surface area contributed by atoms with Crippen LogP contribution in [-0.4, -0.2) is 70.5 Å². The Kier molecular flexibility index (Phi) is 12.4. The summed E-state index contributed by atoms with van der Waals surface area (Å²) >= 11 is 0. The average Bonchev–Trinajstić information content (AvgIpc) is 2.67. The summed E-state index contributed by atoms with van der Waals surface area (Å²) < 4.78 is 10.8. The first-order chi connectivity index (χ1) is 12.7. The van der Waals surface area contributed by atoms with Crippen LogP contribution in [0.2, 0.25) is 0 Å². The van der Waals surface area contributed by atoms with Gasteiger partial charge in [0.25, 0.3) is 0 Å². The minimum atomic E-state index is 0. The normalized spacial score (nSPS) is 15.1. The topological polar surface area (TPSA) is 58.1 Å². The molecule has 0 radical (unpaired) electrons. The van der Waals surface area contributed by atoms with E-state index in [0.29, 0.717) is 0 Å². The third kappa shape index (κ3) is 9.12. The molecule has 27 heavy (non-hydrogen) atoms. The molecule has 0 saturated carbocycles. The summed E-state index contributed by atoms with van der Waals surface area (Å²) in [7, 11) is 1.72. The fourth-order valence-electron chi connectivity index (χ4n) is 3.00. The number of ether oxygens (including phenoxy) is 2. The molecule has 2 N–H and O–H groups in total. The van der Waals surface area contributed by atoms with Gasteiger partial charge in [-0.2, -0.15) is 0 Å². The van der Waals surface area contributed by atoms with Gasteiger partial charge in [0.05, 0.1) is 20.3 Å². The molecule has 0 aromatic heterocycles. The summed E-state index contributed by atoms with van der Waals surface area (Å²) in [6.45, 7) is 11.6. The largest absolute Gasteiger partial charge is 0.496 e. The van der Waals surface area contributed by atoms with Crippen LogP contribution in [0.15, 0.2) is 23.2 Å². The van der Waals surface area contributed by atoms with Crippen LogP contribution in [-0.2, 0) is 11.2 Å². The molecule has 0 atom stereocenters. The predicted molar refractivity (Wildman–Crippen MR) is 123 cm³/mol. The van der Waals surface area contributed by atoms with Crippen molar-refractivity contribution in [3.8, 4) is 5.75 Å². The van der Waals surface area contributed by atoms with Crippen molar-refractivity contribution in [1.82, 2.24) is 15.5 Å². The van der Waals surface area contributed by atoms with Crippen molar-refractivity contribution in [1.29, 1.82) is 0 Å². The molecule has 1 aromatic carbocycles. The van der Waals surface area contributed by atoms with E-state index in [4.69, 9.17) is 9.47 Å². The monoisotopic (exact) mass is 490 g/mol. The molecule has 0 aliphatic carbocycles. The van der Waals surface area contributed by atoms with Gasteiger partial charge in [-0.05, 0) is 43.9 Å². The molecule has 2 rings (SSSR count). The Hall–Kier alpha value is -1.06. The van der Waals surface area contributed by atoms with Gasteiger partial charge >= 0.3 is 0 Å². The number of benzene rings is 1. The number of nitrogens with one attached hydrogen (secondary N) is 2. The molecule has 0 bridgehead atoms. The molecule has 0 amide bonds. The second-order valence-electron chi connectivity index (χ2n) is 6.55. The summed E-state index contributed by atoms with van der Waals surface area (Å²) in [6.07, 6.45) is 2.01. The minimum absolute atomic E-state index is 0. The Morgan fingerprint density at radius 2 is 2.04 bits per heavy atom. The fraction of sp³-hybridized carbons (Fsp3) is 0.650. The van der Waals surface area contributed by atoms with E-state index < -0.39 is 0 Å². The SMILES string of the molecule is CCNC(=NCCCN1CCOCC1)NCCc1ccc(C)c(OC)c1.I. The Labute approximate surface area is 181 Å². The van der Waals surface area contributed by atoms with Crippen molar-refractivity contribution in [3.05, 3.63) is 29.3 Å². The number of hydrogen-bond acceptors (Lipinski definition) is 4. The number of rotatable bonds is 9. The van der Waals surface area contributed by atoms with Crippen LogP contribution in [0.5, 0.6) is 5.75 Å². The van der Waals surface area contributed by atoms with Crippen LogP contribution in [0, 0.1) is 6.92 Å². The van der Waals surface area contributed by atoms with Crippen LogP contribution < -0.4 is 15.4 Å². The quantitative estimate of drug-likeness (QED) is 0.241. The lowest BCUT2D eigenvalue weighted by Crippen LogP contribution is -2.39. The first-order valence-electron chi connectivity index (χ1n) is 9.68. The van der Waals surface area contributed by atoms with E-state index in [0.717, 1.165) is 77.0 Å². The average molecular weight is 490 g/mol. The molecule has 0 spiro atoms. The Balaban J connectivity index is 0.00000364. The standard InChI is InChI=1S/C20H34N4O2.HI/c1-4-21-20(22-9-5-11-24-12-14-26-15-13-24)23-10-8-18-7-6-17(2)19(16-18)25-3;/h6-7,16H,4-5,8-15H2,1-3H3,(H2,21,22,23);1H. The lowest BCUT2D eigenvalue weighted by molar-refractivity contribution is 0.0377. The summed E-state index contributed by atoms with van der Waals surface area (Å²) in [6, 6.07) is 6.38. The highest BCUT2D eigenvalue weighted by atomic mass is 127. The van der Waals surface area contributed by atoms with Crippen molar-refractivity contribution in [3.63, 3.8) is 0 Å². The minimum Gasteiger partial charge on any atom is -0.496 e.